The number of sulfonamides is 1. The number of para-hydroxylation sites is 1. The second-order valence-corrected chi connectivity index (χ2v) is 11.6. The first-order chi connectivity index (χ1) is 15.6. The fraction of sp³-hybridized carbons (Fsp3) is 0.417. The minimum absolute atomic E-state index is 0.182. The third-order valence-electron chi connectivity index (χ3n) is 4.79. The summed E-state index contributed by atoms with van der Waals surface area (Å²) in [5.41, 5.74) is 1.06. The molecular formula is C24H31N3O4S2. The fourth-order valence-corrected chi connectivity index (χ4v) is 6.08. The largest absolute Gasteiger partial charge is 0.492 e. The molecule has 2 aromatic carbocycles. The van der Waals surface area contributed by atoms with Crippen LogP contribution in [0.2, 0.25) is 0 Å². The van der Waals surface area contributed by atoms with Gasteiger partial charge in [0.15, 0.2) is 5.13 Å². The van der Waals surface area contributed by atoms with Crippen LogP contribution in [-0.4, -0.2) is 43.3 Å². The normalized spacial score (nSPS) is 12.1. The van der Waals surface area contributed by atoms with Crippen molar-refractivity contribution in [2.24, 2.45) is 11.8 Å². The van der Waals surface area contributed by atoms with Gasteiger partial charge in [0.25, 0.3) is 5.91 Å². The predicted octanol–water partition coefficient (Wildman–Crippen LogP) is 5.25. The molecule has 1 amide bonds. The van der Waals surface area contributed by atoms with Gasteiger partial charge < -0.3 is 4.74 Å². The van der Waals surface area contributed by atoms with Gasteiger partial charge in [0.05, 0.1) is 16.2 Å². The first kappa shape index (κ1) is 25.1. The first-order valence-corrected chi connectivity index (χ1v) is 13.3. The highest BCUT2D eigenvalue weighted by Gasteiger charge is 2.26. The van der Waals surface area contributed by atoms with Crippen LogP contribution in [-0.2, 0) is 10.0 Å². The quantitative estimate of drug-likeness (QED) is 0.420. The van der Waals surface area contributed by atoms with E-state index in [0.29, 0.717) is 41.7 Å². The third kappa shape index (κ3) is 6.10. The molecule has 0 aliphatic heterocycles. The van der Waals surface area contributed by atoms with Gasteiger partial charge in [-0.15, -0.1) is 0 Å². The molecule has 0 fully saturated rings. The van der Waals surface area contributed by atoms with E-state index in [1.165, 1.54) is 39.9 Å². The molecule has 33 heavy (non-hydrogen) atoms. The maximum atomic E-state index is 13.2. The number of fused-ring (bicyclic) bond motifs is 1. The van der Waals surface area contributed by atoms with Crippen molar-refractivity contribution in [3.63, 3.8) is 0 Å². The van der Waals surface area contributed by atoms with Crippen molar-refractivity contribution in [2.75, 3.05) is 25.0 Å². The van der Waals surface area contributed by atoms with Crippen LogP contribution >= 0.6 is 11.3 Å². The Labute approximate surface area is 199 Å². The van der Waals surface area contributed by atoms with E-state index in [9.17, 15) is 13.2 Å². The van der Waals surface area contributed by atoms with Gasteiger partial charge in [0.1, 0.15) is 11.3 Å². The Bertz CT molecular complexity index is 1190. The summed E-state index contributed by atoms with van der Waals surface area (Å²) in [4.78, 5) is 17.4. The van der Waals surface area contributed by atoms with Gasteiger partial charge in [-0.3, -0.25) is 10.1 Å². The van der Waals surface area contributed by atoms with Crippen molar-refractivity contribution in [1.82, 2.24) is 9.29 Å². The minimum atomic E-state index is -3.64. The summed E-state index contributed by atoms with van der Waals surface area (Å²) in [5, 5.41) is 3.26. The van der Waals surface area contributed by atoms with E-state index in [1.807, 2.05) is 52.8 Å². The van der Waals surface area contributed by atoms with E-state index < -0.39 is 10.0 Å². The summed E-state index contributed by atoms with van der Waals surface area (Å²) in [6, 6.07) is 11.7. The lowest BCUT2D eigenvalue weighted by atomic mass is 10.2. The molecule has 178 valence electrons. The number of hydrogen-bond donors (Lipinski definition) is 1. The van der Waals surface area contributed by atoms with E-state index in [4.69, 9.17) is 4.74 Å². The highest BCUT2D eigenvalue weighted by molar-refractivity contribution is 7.89. The van der Waals surface area contributed by atoms with E-state index in [-0.39, 0.29) is 22.6 Å². The Hall–Kier alpha value is -2.49. The van der Waals surface area contributed by atoms with Crippen LogP contribution in [0.4, 0.5) is 5.13 Å². The van der Waals surface area contributed by atoms with Crippen LogP contribution in [0.25, 0.3) is 10.2 Å². The first-order valence-electron chi connectivity index (χ1n) is 11.1. The number of ether oxygens (including phenoxy) is 1. The molecule has 0 aliphatic carbocycles. The molecule has 3 aromatic rings. The van der Waals surface area contributed by atoms with Gasteiger partial charge in [0.2, 0.25) is 10.0 Å². The lowest BCUT2D eigenvalue weighted by Crippen LogP contribution is -2.37. The summed E-state index contributed by atoms with van der Waals surface area (Å²) >= 11 is 1.36. The number of carbonyl (C=O) groups is 1. The molecule has 3 rings (SSSR count). The van der Waals surface area contributed by atoms with E-state index in [1.54, 1.807) is 0 Å². The number of nitrogens with zero attached hydrogens (tertiary/aromatic N) is 2. The Morgan fingerprint density at radius 1 is 1.06 bits per heavy atom. The van der Waals surface area contributed by atoms with Crippen molar-refractivity contribution in [3.8, 4) is 5.75 Å². The van der Waals surface area contributed by atoms with Crippen LogP contribution in [0.1, 0.15) is 45.0 Å². The van der Waals surface area contributed by atoms with Crippen LogP contribution < -0.4 is 10.1 Å². The molecule has 9 heteroatoms. The lowest BCUT2D eigenvalue weighted by molar-refractivity contribution is 0.102. The predicted molar refractivity (Wildman–Crippen MR) is 134 cm³/mol. The number of benzene rings is 2. The second kappa shape index (κ2) is 10.6. The van der Waals surface area contributed by atoms with Crippen molar-refractivity contribution < 1.29 is 17.9 Å². The van der Waals surface area contributed by atoms with E-state index in [2.05, 4.69) is 10.3 Å². The zero-order valence-electron chi connectivity index (χ0n) is 19.7. The topological polar surface area (TPSA) is 88.6 Å². The SMILES string of the molecule is CCOc1cccc2sc(NC(=O)c3ccc(S(=O)(=O)N(CC(C)C)CC(C)C)cc3)nc12. The summed E-state index contributed by atoms with van der Waals surface area (Å²) in [7, 11) is -3.64. The zero-order valence-corrected chi connectivity index (χ0v) is 21.3. The maximum Gasteiger partial charge on any atom is 0.257 e. The summed E-state index contributed by atoms with van der Waals surface area (Å²) in [6.07, 6.45) is 0. The summed E-state index contributed by atoms with van der Waals surface area (Å²) in [5.74, 6) is 0.743. The molecule has 1 N–H and O–H groups in total. The molecule has 0 radical (unpaired) electrons. The van der Waals surface area contributed by atoms with Crippen LogP contribution in [0, 0.1) is 11.8 Å². The fourth-order valence-electron chi connectivity index (χ4n) is 3.43. The van der Waals surface area contributed by atoms with Gasteiger partial charge >= 0.3 is 0 Å². The standard InChI is InChI=1S/C24H31N3O4S2/c1-6-31-20-8-7-9-21-22(20)25-24(32-21)26-23(28)18-10-12-19(13-11-18)33(29,30)27(14-16(2)3)15-17(4)5/h7-13,16-17H,6,14-15H2,1-5H3,(H,25,26,28). The van der Waals surface area contributed by atoms with Gasteiger partial charge in [0, 0.05) is 18.7 Å². The highest BCUT2D eigenvalue weighted by atomic mass is 32.2. The Kier molecular flexibility index (Phi) is 8.10. The molecule has 0 atom stereocenters. The van der Waals surface area contributed by atoms with Crippen molar-refractivity contribution >= 4 is 42.6 Å². The Morgan fingerprint density at radius 3 is 2.27 bits per heavy atom. The number of aromatic nitrogens is 1. The number of rotatable bonds is 10. The maximum absolute atomic E-state index is 13.2. The van der Waals surface area contributed by atoms with Crippen LogP contribution in [0.3, 0.4) is 0 Å². The van der Waals surface area contributed by atoms with E-state index in [0.717, 1.165) is 4.70 Å². The van der Waals surface area contributed by atoms with Crippen molar-refractivity contribution in [2.45, 2.75) is 39.5 Å². The molecule has 0 spiro atoms. The highest BCUT2D eigenvalue weighted by Crippen LogP contribution is 2.32. The summed E-state index contributed by atoms with van der Waals surface area (Å²) in [6.45, 7) is 11.3. The molecule has 0 saturated carbocycles. The molecule has 0 bridgehead atoms. The number of amides is 1. The number of anilines is 1. The molecular weight excluding hydrogens is 458 g/mol. The average molecular weight is 490 g/mol. The number of nitrogens with one attached hydrogen (secondary N) is 1. The number of carbonyl (C=O) groups excluding carboxylic acids is 1. The van der Waals surface area contributed by atoms with E-state index >= 15 is 0 Å². The average Bonchev–Trinajstić information content (AvgIpc) is 3.16. The third-order valence-corrected chi connectivity index (χ3v) is 7.58. The molecule has 1 heterocycles. The number of hydrogen-bond acceptors (Lipinski definition) is 6. The zero-order chi connectivity index (χ0) is 24.2. The monoisotopic (exact) mass is 489 g/mol. The molecule has 7 nitrogen and oxygen atoms in total. The second-order valence-electron chi connectivity index (χ2n) is 8.64. The lowest BCUT2D eigenvalue weighted by Gasteiger charge is -2.25. The van der Waals surface area contributed by atoms with Crippen LogP contribution in [0.15, 0.2) is 47.4 Å². The van der Waals surface area contributed by atoms with Gasteiger partial charge in [-0.25, -0.2) is 13.4 Å². The van der Waals surface area contributed by atoms with Gasteiger partial charge in [-0.2, -0.15) is 4.31 Å². The van der Waals surface area contributed by atoms with Gasteiger partial charge in [-0.1, -0.05) is 45.1 Å². The minimum Gasteiger partial charge on any atom is -0.492 e. The van der Waals surface area contributed by atoms with Gasteiger partial charge in [-0.05, 0) is 55.2 Å². The Morgan fingerprint density at radius 2 is 1.70 bits per heavy atom. The number of thiazole rings is 1. The van der Waals surface area contributed by atoms with Crippen LogP contribution in [0.5, 0.6) is 5.75 Å². The summed E-state index contributed by atoms with van der Waals surface area (Å²) < 4.78 is 34.4. The van der Waals surface area contributed by atoms with Crippen molar-refractivity contribution in [3.05, 3.63) is 48.0 Å². The molecule has 0 saturated heterocycles. The molecule has 1 aromatic heterocycles. The Balaban J connectivity index is 1.78. The van der Waals surface area contributed by atoms with Crippen molar-refractivity contribution in [1.29, 1.82) is 0 Å². The molecule has 0 unspecified atom stereocenters. The smallest absolute Gasteiger partial charge is 0.257 e. The molecule has 0 aliphatic rings.